The Labute approximate surface area is 104 Å². The van der Waals surface area contributed by atoms with E-state index in [1.165, 1.54) is 0 Å². The van der Waals surface area contributed by atoms with Crippen LogP contribution in [0.5, 0.6) is 0 Å². The molecule has 2 N–H and O–H groups in total. The van der Waals surface area contributed by atoms with Crippen LogP contribution in [0, 0.1) is 0 Å². The second kappa shape index (κ2) is 8.04. The molecular weight excluding hydrogens is 212 g/mol. The van der Waals surface area contributed by atoms with Crippen molar-refractivity contribution in [1.82, 2.24) is 0 Å². The minimum Gasteiger partial charge on any atom is -0.393 e. The van der Waals surface area contributed by atoms with Crippen molar-refractivity contribution in [3.63, 3.8) is 0 Å². The highest BCUT2D eigenvalue weighted by Crippen LogP contribution is 2.17. The zero-order valence-electron chi connectivity index (χ0n) is 10.5. The van der Waals surface area contributed by atoms with Gasteiger partial charge in [0.15, 0.2) is 0 Å². The van der Waals surface area contributed by atoms with Crippen LogP contribution in [-0.2, 0) is 0 Å². The summed E-state index contributed by atoms with van der Waals surface area (Å²) in [6.07, 6.45) is 5.48. The second-order valence-corrected chi connectivity index (χ2v) is 4.29. The van der Waals surface area contributed by atoms with E-state index in [1.807, 2.05) is 36.4 Å². The van der Waals surface area contributed by atoms with Crippen LogP contribution in [0.1, 0.15) is 38.2 Å². The number of aliphatic hydroxyl groups is 2. The number of unbranched alkanes of at least 4 members (excludes halogenated alkanes) is 2. The molecule has 1 aromatic rings. The SMILES string of the molecule is CCCCC/C(=C\c1ccccc1)[C@@H](O)CO. The van der Waals surface area contributed by atoms with Crippen molar-refractivity contribution in [2.24, 2.45) is 0 Å². The fourth-order valence-corrected chi connectivity index (χ4v) is 1.79. The molecule has 0 bridgehead atoms. The average Bonchev–Trinajstić information content (AvgIpc) is 2.38. The Morgan fingerprint density at radius 3 is 2.53 bits per heavy atom. The molecule has 1 rings (SSSR count). The predicted octanol–water partition coefficient (Wildman–Crippen LogP) is 3.00. The van der Waals surface area contributed by atoms with Crippen molar-refractivity contribution in [2.75, 3.05) is 6.61 Å². The van der Waals surface area contributed by atoms with E-state index < -0.39 is 6.10 Å². The molecule has 2 nitrogen and oxygen atoms in total. The molecule has 1 aromatic carbocycles. The maximum Gasteiger partial charge on any atom is 0.0984 e. The normalized spacial score (nSPS) is 13.7. The van der Waals surface area contributed by atoms with Crippen molar-refractivity contribution in [3.8, 4) is 0 Å². The molecule has 2 heteroatoms. The third-order valence-electron chi connectivity index (χ3n) is 2.82. The maximum absolute atomic E-state index is 9.76. The minimum absolute atomic E-state index is 0.204. The molecule has 0 fully saturated rings. The van der Waals surface area contributed by atoms with E-state index in [0.717, 1.165) is 36.8 Å². The lowest BCUT2D eigenvalue weighted by molar-refractivity contribution is 0.120. The lowest BCUT2D eigenvalue weighted by Crippen LogP contribution is -2.15. The summed E-state index contributed by atoms with van der Waals surface area (Å²) in [5.74, 6) is 0. The zero-order valence-corrected chi connectivity index (χ0v) is 10.5. The van der Waals surface area contributed by atoms with Gasteiger partial charge in [-0.1, -0.05) is 56.2 Å². The van der Waals surface area contributed by atoms with Crippen molar-refractivity contribution in [3.05, 3.63) is 41.5 Å². The van der Waals surface area contributed by atoms with Gasteiger partial charge in [0, 0.05) is 0 Å². The molecule has 0 aliphatic rings. The first kappa shape index (κ1) is 13.9. The molecule has 0 heterocycles. The smallest absolute Gasteiger partial charge is 0.0984 e. The van der Waals surface area contributed by atoms with Gasteiger partial charge in [0.2, 0.25) is 0 Å². The molecular formula is C15H22O2. The number of hydrogen-bond acceptors (Lipinski definition) is 2. The fourth-order valence-electron chi connectivity index (χ4n) is 1.79. The molecule has 0 unspecified atom stereocenters. The standard InChI is InChI=1S/C15H22O2/c1-2-3-5-10-14(15(17)12-16)11-13-8-6-4-7-9-13/h4,6-9,11,15-17H,2-3,5,10,12H2,1H3/b14-11+/t15-/m0/s1. The Morgan fingerprint density at radius 2 is 1.94 bits per heavy atom. The van der Waals surface area contributed by atoms with Gasteiger partial charge in [-0.15, -0.1) is 0 Å². The van der Waals surface area contributed by atoms with E-state index >= 15 is 0 Å². The van der Waals surface area contributed by atoms with Gasteiger partial charge in [-0.2, -0.15) is 0 Å². The molecule has 1 atom stereocenters. The van der Waals surface area contributed by atoms with E-state index in [2.05, 4.69) is 6.92 Å². The molecule has 0 saturated heterocycles. The quantitative estimate of drug-likeness (QED) is 0.712. The Morgan fingerprint density at radius 1 is 1.24 bits per heavy atom. The molecule has 0 saturated carbocycles. The number of benzene rings is 1. The van der Waals surface area contributed by atoms with Crippen LogP contribution in [0.25, 0.3) is 6.08 Å². The van der Waals surface area contributed by atoms with Gasteiger partial charge in [-0.05, 0) is 24.0 Å². The first-order valence-electron chi connectivity index (χ1n) is 6.32. The summed E-state index contributed by atoms with van der Waals surface area (Å²) in [7, 11) is 0. The van der Waals surface area contributed by atoms with Crippen LogP contribution in [0.15, 0.2) is 35.9 Å². The van der Waals surface area contributed by atoms with Crippen molar-refractivity contribution < 1.29 is 10.2 Å². The largest absolute Gasteiger partial charge is 0.393 e. The topological polar surface area (TPSA) is 40.5 Å². The van der Waals surface area contributed by atoms with Gasteiger partial charge >= 0.3 is 0 Å². The average molecular weight is 234 g/mol. The van der Waals surface area contributed by atoms with Gasteiger partial charge in [0.25, 0.3) is 0 Å². The summed E-state index contributed by atoms with van der Waals surface area (Å²) in [5.41, 5.74) is 2.00. The highest BCUT2D eigenvalue weighted by Gasteiger charge is 2.09. The number of rotatable bonds is 7. The first-order valence-corrected chi connectivity index (χ1v) is 6.32. The van der Waals surface area contributed by atoms with E-state index in [9.17, 15) is 5.11 Å². The van der Waals surface area contributed by atoms with Crippen LogP contribution in [0.3, 0.4) is 0 Å². The van der Waals surface area contributed by atoms with Crippen molar-refractivity contribution >= 4 is 6.08 Å². The molecule has 17 heavy (non-hydrogen) atoms. The summed E-state index contributed by atoms with van der Waals surface area (Å²) < 4.78 is 0. The third kappa shape index (κ3) is 5.16. The predicted molar refractivity (Wildman–Crippen MR) is 71.7 cm³/mol. The zero-order chi connectivity index (χ0) is 12.5. The van der Waals surface area contributed by atoms with Crippen LogP contribution >= 0.6 is 0 Å². The Balaban J connectivity index is 2.71. The molecule has 94 valence electrons. The monoisotopic (exact) mass is 234 g/mol. The first-order chi connectivity index (χ1) is 8.27. The number of hydrogen-bond donors (Lipinski definition) is 2. The second-order valence-electron chi connectivity index (χ2n) is 4.29. The molecule has 0 aliphatic heterocycles. The Bertz CT molecular complexity index is 330. The molecule has 0 spiro atoms. The Hall–Kier alpha value is -1.12. The van der Waals surface area contributed by atoms with Crippen LogP contribution in [0.2, 0.25) is 0 Å². The lowest BCUT2D eigenvalue weighted by atomic mass is 10.00. The van der Waals surface area contributed by atoms with E-state index in [-0.39, 0.29) is 6.61 Å². The molecule has 0 aliphatic carbocycles. The van der Waals surface area contributed by atoms with Gasteiger partial charge < -0.3 is 10.2 Å². The highest BCUT2D eigenvalue weighted by molar-refractivity contribution is 5.53. The van der Waals surface area contributed by atoms with Crippen molar-refractivity contribution in [2.45, 2.75) is 38.7 Å². The highest BCUT2D eigenvalue weighted by atomic mass is 16.3. The summed E-state index contributed by atoms with van der Waals surface area (Å²) in [6, 6.07) is 9.92. The molecule has 0 amide bonds. The minimum atomic E-state index is -0.730. The van der Waals surface area contributed by atoms with Gasteiger partial charge in [-0.3, -0.25) is 0 Å². The number of aliphatic hydroxyl groups excluding tert-OH is 2. The maximum atomic E-state index is 9.76. The Kier molecular flexibility index (Phi) is 6.60. The van der Waals surface area contributed by atoms with E-state index in [0.29, 0.717) is 0 Å². The van der Waals surface area contributed by atoms with E-state index in [1.54, 1.807) is 0 Å². The molecule has 0 aromatic heterocycles. The van der Waals surface area contributed by atoms with Crippen LogP contribution < -0.4 is 0 Å². The summed E-state index contributed by atoms with van der Waals surface area (Å²) >= 11 is 0. The lowest BCUT2D eigenvalue weighted by Gasteiger charge is -2.12. The van der Waals surface area contributed by atoms with Crippen LogP contribution in [0.4, 0.5) is 0 Å². The summed E-state index contributed by atoms with van der Waals surface area (Å²) in [6.45, 7) is 1.95. The fraction of sp³-hybridized carbons (Fsp3) is 0.467. The molecule has 0 radical (unpaired) electrons. The van der Waals surface area contributed by atoms with Crippen molar-refractivity contribution in [1.29, 1.82) is 0 Å². The van der Waals surface area contributed by atoms with E-state index in [4.69, 9.17) is 5.11 Å². The van der Waals surface area contributed by atoms with Gasteiger partial charge in [0.05, 0.1) is 12.7 Å². The summed E-state index contributed by atoms with van der Waals surface area (Å²) in [5, 5.41) is 18.8. The summed E-state index contributed by atoms with van der Waals surface area (Å²) in [4.78, 5) is 0. The van der Waals surface area contributed by atoms with Crippen LogP contribution in [-0.4, -0.2) is 22.9 Å². The third-order valence-corrected chi connectivity index (χ3v) is 2.82. The van der Waals surface area contributed by atoms with Gasteiger partial charge in [-0.25, -0.2) is 0 Å². The van der Waals surface area contributed by atoms with Gasteiger partial charge in [0.1, 0.15) is 0 Å².